The number of sulfonamides is 1. The number of hydrogen-bond acceptors (Lipinski definition) is 6. The maximum Gasteiger partial charge on any atom is 0.420 e. The number of nitrogens with one attached hydrogen (secondary N) is 2. The molecule has 1 aromatic heterocycles. The molecule has 2 N–H and O–H groups in total. The highest BCUT2D eigenvalue weighted by Gasteiger charge is 2.24. The molecule has 2 aromatic carbocycles. The first kappa shape index (κ1) is 23.1. The summed E-state index contributed by atoms with van der Waals surface area (Å²) < 4.78 is 34.5. The van der Waals surface area contributed by atoms with Crippen molar-refractivity contribution >= 4 is 32.7 Å². The Hall–Kier alpha value is -3.11. The van der Waals surface area contributed by atoms with Crippen molar-refractivity contribution in [3.8, 4) is 0 Å². The molecule has 9 nitrogen and oxygen atoms in total. The molecule has 0 radical (unpaired) electrons. The van der Waals surface area contributed by atoms with E-state index in [0.29, 0.717) is 12.1 Å². The molecule has 1 amide bonds. The quantitative estimate of drug-likeness (QED) is 0.520. The van der Waals surface area contributed by atoms with Crippen molar-refractivity contribution in [2.45, 2.75) is 49.7 Å². The number of aromatic nitrogens is 1. The lowest BCUT2D eigenvalue weighted by atomic mass is 10.2. The molecule has 1 saturated carbocycles. The molecule has 0 saturated heterocycles. The van der Waals surface area contributed by atoms with Crippen molar-refractivity contribution in [3.63, 3.8) is 0 Å². The number of carbonyl (C=O) groups is 1. The molecule has 1 aliphatic rings. The molecule has 0 bridgehead atoms. The van der Waals surface area contributed by atoms with Crippen LogP contribution in [-0.4, -0.2) is 39.0 Å². The molecule has 1 aliphatic carbocycles. The molecule has 33 heavy (non-hydrogen) atoms. The van der Waals surface area contributed by atoms with Crippen LogP contribution in [0.4, 0.5) is 5.69 Å². The van der Waals surface area contributed by atoms with E-state index in [2.05, 4.69) is 10.0 Å². The summed E-state index contributed by atoms with van der Waals surface area (Å²) in [5.74, 6) is -1.06. The molecule has 0 atom stereocenters. The standard InChI is InChI=1S/C23H28N4O5S/c1-26(2)18-9-7-16(8-10-18)14-24-22(28)15-27-20-12-11-19(13-21(20)32-23(27)29)33(30,31)25-17-5-3-4-6-17/h7-13,17,25H,3-6,14-15H2,1-2H3,(H,24,28). The van der Waals surface area contributed by atoms with Crippen LogP contribution in [0.3, 0.4) is 0 Å². The van der Waals surface area contributed by atoms with Crippen LogP contribution in [-0.2, 0) is 27.9 Å². The van der Waals surface area contributed by atoms with Crippen molar-refractivity contribution in [1.29, 1.82) is 0 Å². The summed E-state index contributed by atoms with van der Waals surface area (Å²) >= 11 is 0. The van der Waals surface area contributed by atoms with Crippen molar-refractivity contribution in [3.05, 3.63) is 58.6 Å². The number of oxazole rings is 1. The highest BCUT2D eigenvalue weighted by atomic mass is 32.2. The summed E-state index contributed by atoms with van der Waals surface area (Å²) in [5, 5.41) is 2.79. The molecule has 10 heteroatoms. The fraction of sp³-hybridized carbons (Fsp3) is 0.391. The first-order valence-corrected chi connectivity index (χ1v) is 12.4. The summed E-state index contributed by atoms with van der Waals surface area (Å²) in [6, 6.07) is 12.0. The van der Waals surface area contributed by atoms with E-state index < -0.39 is 15.8 Å². The summed E-state index contributed by atoms with van der Waals surface area (Å²) in [4.78, 5) is 26.8. The second kappa shape index (κ2) is 9.40. The van der Waals surface area contributed by atoms with Crippen molar-refractivity contribution in [2.24, 2.45) is 0 Å². The van der Waals surface area contributed by atoms with Crippen LogP contribution in [0.15, 0.2) is 56.6 Å². The number of anilines is 1. The third kappa shape index (κ3) is 5.28. The fourth-order valence-corrected chi connectivity index (χ4v) is 5.33. The van der Waals surface area contributed by atoms with Gasteiger partial charge in [0.25, 0.3) is 0 Å². The Bertz CT molecular complexity index is 1300. The number of benzene rings is 2. The zero-order chi connectivity index (χ0) is 23.6. The van der Waals surface area contributed by atoms with Gasteiger partial charge in [0.2, 0.25) is 15.9 Å². The predicted octanol–water partition coefficient (Wildman–Crippen LogP) is 2.20. The van der Waals surface area contributed by atoms with Gasteiger partial charge in [-0.3, -0.25) is 9.36 Å². The van der Waals surface area contributed by atoms with Gasteiger partial charge in [0.05, 0.1) is 10.4 Å². The average Bonchev–Trinajstić information content (AvgIpc) is 3.39. The van der Waals surface area contributed by atoms with Crippen LogP contribution in [0.5, 0.6) is 0 Å². The van der Waals surface area contributed by atoms with Gasteiger partial charge in [-0.15, -0.1) is 0 Å². The Labute approximate surface area is 192 Å². The first-order chi connectivity index (χ1) is 15.7. The van der Waals surface area contributed by atoms with E-state index in [4.69, 9.17) is 4.42 Å². The Morgan fingerprint density at radius 1 is 1.12 bits per heavy atom. The van der Waals surface area contributed by atoms with Gasteiger partial charge in [0.15, 0.2) is 5.58 Å². The highest BCUT2D eigenvalue weighted by molar-refractivity contribution is 7.89. The second-order valence-corrected chi connectivity index (χ2v) is 10.2. The molecule has 1 fully saturated rings. The van der Waals surface area contributed by atoms with Gasteiger partial charge in [-0.05, 0) is 42.7 Å². The molecule has 0 aliphatic heterocycles. The second-order valence-electron chi connectivity index (χ2n) is 8.52. The van der Waals surface area contributed by atoms with E-state index in [-0.39, 0.29) is 29.0 Å². The normalized spacial score (nSPS) is 14.6. The predicted molar refractivity (Wildman–Crippen MR) is 126 cm³/mol. The van der Waals surface area contributed by atoms with Crippen molar-refractivity contribution in [1.82, 2.24) is 14.6 Å². The molecular formula is C23H28N4O5S. The largest absolute Gasteiger partial charge is 0.420 e. The average molecular weight is 473 g/mol. The first-order valence-electron chi connectivity index (χ1n) is 10.9. The summed E-state index contributed by atoms with van der Waals surface area (Å²) in [5.41, 5.74) is 2.48. The minimum absolute atomic E-state index is 0.0356. The highest BCUT2D eigenvalue weighted by Crippen LogP contribution is 2.23. The monoisotopic (exact) mass is 472 g/mol. The van der Waals surface area contributed by atoms with Gasteiger partial charge in [-0.25, -0.2) is 17.9 Å². The van der Waals surface area contributed by atoms with Crippen LogP contribution in [0.1, 0.15) is 31.2 Å². The van der Waals surface area contributed by atoms with Gasteiger partial charge in [-0.1, -0.05) is 25.0 Å². The molecule has 0 unspecified atom stereocenters. The van der Waals surface area contributed by atoms with Gasteiger partial charge in [0.1, 0.15) is 6.54 Å². The molecule has 176 valence electrons. The summed E-state index contributed by atoms with van der Waals surface area (Å²) in [6.45, 7) is 0.0976. The lowest BCUT2D eigenvalue weighted by Gasteiger charge is -2.13. The minimum Gasteiger partial charge on any atom is -0.408 e. The van der Waals surface area contributed by atoms with Gasteiger partial charge < -0.3 is 14.6 Å². The number of hydrogen-bond donors (Lipinski definition) is 2. The van der Waals surface area contributed by atoms with E-state index >= 15 is 0 Å². The number of rotatable bonds is 8. The van der Waals surface area contributed by atoms with Gasteiger partial charge >= 0.3 is 5.76 Å². The van der Waals surface area contributed by atoms with Gasteiger partial charge in [-0.2, -0.15) is 0 Å². The van der Waals surface area contributed by atoms with E-state index in [1.807, 2.05) is 43.3 Å². The Kier molecular flexibility index (Phi) is 6.57. The van der Waals surface area contributed by atoms with Crippen LogP contribution in [0.2, 0.25) is 0 Å². The van der Waals surface area contributed by atoms with Crippen molar-refractivity contribution < 1.29 is 17.6 Å². The third-order valence-electron chi connectivity index (χ3n) is 5.87. The van der Waals surface area contributed by atoms with Gasteiger partial charge in [0, 0.05) is 38.4 Å². The van der Waals surface area contributed by atoms with E-state index in [1.54, 1.807) is 0 Å². The molecular weight excluding hydrogens is 444 g/mol. The number of fused-ring (bicyclic) bond motifs is 1. The Morgan fingerprint density at radius 3 is 2.48 bits per heavy atom. The SMILES string of the molecule is CN(C)c1ccc(CNC(=O)Cn2c(=O)oc3cc(S(=O)(=O)NC4CCCC4)ccc32)cc1. The Balaban J connectivity index is 1.45. The molecule has 4 rings (SSSR count). The fourth-order valence-electron chi connectivity index (χ4n) is 4.01. The minimum atomic E-state index is -3.71. The van der Waals surface area contributed by atoms with Crippen LogP contribution < -0.4 is 20.7 Å². The summed E-state index contributed by atoms with van der Waals surface area (Å²) in [6.07, 6.45) is 3.66. The molecule has 1 heterocycles. The lowest BCUT2D eigenvalue weighted by molar-refractivity contribution is -0.121. The summed E-state index contributed by atoms with van der Waals surface area (Å²) in [7, 11) is 0.192. The zero-order valence-corrected chi connectivity index (χ0v) is 19.5. The van der Waals surface area contributed by atoms with E-state index in [1.165, 1.54) is 22.8 Å². The van der Waals surface area contributed by atoms with Crippen LogP contribution in [0.25, 0.3) is 11.1 Å². The maximum absolute atomic E-state index is 12.7. The molecule has 3 aromatic rings. The number of carbonyl (C=O) groups excluding carboxylic acids is 1. The third-order valence-corrected chi connectivity index (χ3v) is 7.39. The number of amides is 1. The smallest absolute Gasteiger partial charge is 0.408 e. The maximum atomic E-state index is 12.7. The molecule has 0 spiro atoms. The van der Waals surface area contributed by atoms with E-state index in [0.717, 1.165) is 36.9 Å². The Morgan fingerprint density at radius 2 is 1.82 bits per heavy atom. The topological polar surface area (TPSA) is 114 Å². The van der Waals surface area contributed by atoms with E-state index in [9.17, 15) is 18.0 Å². The zero-order valence-electron chi connectivity index (χ0n) is 18.7. The number of nitrogens with zero attached hydrogens (tertiary/aromatic N) is 2. The van der Waals surface area contributed by atoms with Crippen molar-refractivity contribution in [2.75, 3.05) is 19.0 Å². The lowest BCUT2D eigenvalue weighted by Crippen LogP contribution is -2.32. The van der Waals surface area contributed by atoms with Crippen LogP contribution in [0, 0.1) is 0 Å². The van der Waals surface area contributed by atoms with Crippen LogP contribution >= 0.6 is 0 Å².